The molecule has 0 amide bonds. The molecule has 0 aliphatic heterocycles. The Hall–Kier alpha value is 0.390. The summed E-state index contributed by atoms with van der Waals surface area (Å²) in [7, 11) is 0. The lowest BCUT2D eigenvalue weighted by atomic mass is 10.1. The Morgan fingerprint density at radius 3 is 2.57 bits per heavy atom. The molecule has 1 N–H and O–H groups in total. The first-order valence-electron chi connectivity index (χ1n) is 4.57. The van der Waals surface area contributed by atoms with Gasteiger partial charge in [0, 0.05) is 20.1 Å². The summed E-state index contributed by atoms with van der Waals surface area (Å²) in [5.41, 5.74) is 1.48. The summed E-state index contributed by atoms with van der Waals surface area (Å²) in [5, 5.41) is 3.47. The van der Waals surface area contributed by atoms with E-state index in [-0.39, 0.29) is 5.54 Å². The molecule has 0 heterocycles. The van der Waals surface area contributed by atoms with Crippen molar-refractivity contribution in [1.82, 2.24) is 5.32 Å². The molecule has 0 aromatic heterocycles. The van der Waals surface area contributed by atoms with Gasteiger partial charge in [-0.2, -0.15) is 0 Å². The number of hydrogen-bond acceptors (Lipinski definition) is 1. The van der Waals surface area contributed by atoms with E-state index in [1.165, 1.54) is 13.6 Å². The van der Waals surface area contributed by atoms with Gasteiger partial charge in [-0.1, -0.05) is 15.9 Å². The molecular formula is C11H15BrIN. The van der Waals surface area contributed by atoms with Crippen LogP contribution in [0.2, 0.25) is 0 Å². The Labute approximate surface area is 108 Å². The van der Waals surface area contributed by atoms with Crippen molar-refractivity contribution in [2.45, 2.75) is 32.9 Å². The number of rotatable bonds is 2. The summed E-state index contributed by atoms with van der Waals surface area (Å²) in [6.45, 7) is 7.43. The van der Waals surface area contributed by atoms with Gasteiger partial charge in [0.25, 0.3) is 0 Å². The zero-order valence-electron chi connectivity index (χ0n) is 8.70. The highest BCUT2D eigenvalue weighted by Gasteiger charge is 2.09. The summed E-state index contributed by atoms with van der Waals surface area (Å²) in [6, 6.07) is 6.40. The fourth-order valence-electron chi connectivity index (χ4n) is 1.04. The molecule has 1 rings (SSSR count). The van der Waals surface area contributed by atoms with Crippen molar-refractivity contribution < 1.29 is 0 Å². The minimum Gasteiger partial charge on any atom is -0.308 e. The Morgan fingerprint density at radius 1 is 1.36 bits per heavy atom. The fourth-order valence-corrected chi connectivity index (χ4v) is 1.98. The Bertz CT molecular complexity index is 318. The van der Waals surface area contributed by atoms with E-state index in [1.54, 1.807) is 0 Å². The molecule has 0 atom stereocenters. The van der Waals surface area contributed by atoms with Crippen molar-refractivity contribution in [3.05, 3.63) is 31.8 Å². The third-order valence-electron chi connectivity index (χ3n) is 1.82. The van der Waals surface area contributed by atoms with E-state index >= 15 is 0 Å². The van der Waals surface area contributed by atoms with Crippen LogP contribution in [-0.4, -0.2) is 5.54 Å². The highest BCUT2D eigenvalue weighted by atomic mass is 127. The standard InChI is InChI=1S/C11H15BrIN/c1-11(2,3)14-7-8-6-9(13)4-5-10(8)12/h4-6,14H,7H2,1-3H3. The molecule has 0 spiro atoms. The molecular weight excluding hydrogens is 353 g/mol. The SMILES string of the molecule is CC(C)(C)NCc1cc(I)ccc1Br. The summed E-state index contributed by atoms with van der Waals surface area (Å²) >= 11 is 5.89. The quantitative estimate of drug-likeness (QED) is 0.780. The second-order valence-electron chi connectivity index (χ2n) is 4.34. The molecule has 1 nitrogen and oxygen atoms in total. The molecule has 78 valence electrons. The van der Waals surface area contributed by atoms with Gasteiger partial charge >= 0.3 is 0 Å². The molecule has 0 saturated carbocycles. The molecule has 0 aliphatic rings. The topological polar surface area (TPSA) is 12.0 Å². The third-order valence-corrected chi connectivity index (χ3v) is 3.26. The van der Waals surface area contributed by atoms with Gasteiger partial charge in [-0.25, -0.2) is 0 Å². The zero-order chi connectivity index (χ0) is 10.8. The molecule has 1 aromatic rings. The van der Waals surface area contributed by atoms with Crippen molar-refractivity contribution in [1.29, 1.82) is 0 Å². The average molecular weight is 368 g/mol. The normalized spacial score (nSPS) is 11.8. The zero-order valence-corrected chi connectivity index (χ0v) is 12.4. The van der Waals surface area contributed by atoms with E-state index in [0.29, 0.717) is 0 Å². The molecule has 0 saturated heterocycles. The van der Waals surface area contributed by atoms with Gasteiger partial charge in [-0.15, -0.1) is 0 Å². The number of benzene rings is 1. The molecule has 0 unspecified atom stereocenters. The number of hydrogen-bond donors (Lipinski definition) is 1. The van der Waals surface area contributed by atoms with Crippen LogP contribution in [0.15, 0.2) is 22.7 Å². The highest BCUT2D eigenvalue weighted by molar-refractivity contribution is 14.1. The van der Waals surface area contributed by atoms with Crippen molar-refractivity contribution in [3.8, 4) is 0 Å². The van der Waals surface area contributed by atoms with Crippen molar-refractivity contribution in [2.24, 2.45) is 0 Å². The molecule has 3 heteroatoms. The average Bonchev–Trinajstić information content (AvgIpc) is 2.05. The van der Waals surface area contributed by atoms with Crippen molar-refractivity contribution in [3.63, 3.8) is 0 Å². The third kappa shape index (κ3) is 4.28. The molecule has 14 heavy (non-hydrogen) atoms. The first kappa shape index (κ1) is 12.5. The Morgan fingerprint density at radius 2 is 2.00 bits per heavy atom. The maximum Gasteiger partial charge on any atom is 0.0221 e. The van der Waals surface area contributed by atoms with Crippen LogP contribution in [0.4, 0.5) is 0 Å². The monoisotopic (exact) mass is 367 g/mol. The van der Waals surface area contributed by atoms with E-state index in [9.17, 15) is 0 Å². The first-order valence-corrected chi connectivity index (χ1v) is 6.44. The maximum absolute atomic E-state index is 3.55. The van der Waals surface area contributed by atoms with E-state index in [2.05, 4.69) is 82.8 Å². The molecule has 0 fully saturated rings. The van der Waals surface area contributed by atoms with Crippen LogP contribution in [0, 0.1) is 3.57 Å². The van der Waals surface area contributed by atoms with Crippen molar-refractivity contribution >= 4 is 38.5 Å². The van der Waals surface area contributed by atoms with E-state index in [4.69, 9.17) is 0 Å². The minimum atomic E-state index is 0.167. The summed E-state index contributed by atoms with van der Waals surface area (Å²) < 4.78 is 2.45. The molecule has 1 aromatic carbocycles. The second-order valence-corrected chi connectivity index (χ2v) is 6.44. The van der Waals surface area contributed by atoms with E-state index < -0.39 is 0 Å². The van der Waals surface area contributed by atoms with Gasteiger partial charge < -0.3 is 5.32 Å². The summed E-state index contributed by atoms with van der Waals surface area (Å²) in [6.07, 6.45) is 0. The minimum absolute atomic E-state index is 0.167. The predicted octanol–water partition coefficient (Wildman–Crippen LogP) is 3.94. The summed E-state index contributed by atoms with van der Waals surface area (Å²) in [5.74, 6) is 0. The first-order chi connectivity index (χ1) is 6.38. The smallest absolute Gasteiger partial charge is 0.0221 e. The lowest BCUT2D eigenvalue weighted by Gasteiger charge is -2.21. The van der Waals surface area contributed by atoms with Crippen molar-refractivity contribution in [2.75, 3.05) is 0 Å². The Balaban J connectivity index is 2.72. The summed E-state index contributed by atoms with van der Waals surface area (Å²) in [4.78, 5) is 0. The van der Waals surface area contributed by atoms with Gasteiger partial charge in [-0.3, -0.25) is 0 Å². The molecule has 0 bridgehead atoms. The van der Waals surface area contributed by atoms with E-state index in [1.807, 2.05) is 0 Å². The van der Waals surface area contributed by atoms with Gasteiger partial charge in [0.2, 0.25) is 0 Å². The van der Waals surface area contributed by atoms with Crippen LogP contribution in [0.1, 0.15) is 26.3 Å². The lowest BCUT2D eigenvalue weighted by molar-refractivity contribution is 0.424. The highest BCUT2D eigenvalue weighted by Crippen LogP contribution is 2.19. The Kier molecular flexibility index (Phi) is 4.40. The van der Waals surface area contributed by atoms with Gasteiger partial charge in [-0.05, 0) is 67.1 Å². The van der Waals surface area contributed by atoms with Gasteiger partial charge in [0.15, 0.2) is 0 Å². The molecule has 0 radical (unpaired) electrons. The molecule has 0 aliphatic carbocycles. The fraction of sp³-hybridized carbons (Fsp3) is 0.455. The van der Waals surface area contributed by atoms with E-state index in [0.717, 1.165) is 6.54 Å². The second kappa shape index (κ2) is 4.94. The van der Waals surface area contributed by atoms with Crippen LogP contribution < -0.4 is 5.32 Å². The van der Waals surface area contributed by atoms with Crippen LogP contribution in [0.25, 0.3) is 0 Å². The van der Waals surface area contributed by atoms with Crippen LogP contribution in [0.5, 0.6) is 0 Å². The predicted molar refractivity (Wildman–Crippen MR) is 73.5 cm³/mol. The van der Waals surface area contributed by atoms with Crippen LogP contribution in [-0.2, 0) is 6.54 Å². The van der Waals surface area contributed by atoms with Gasteiger partial charge in [0.05, 0.1) is 0 Å². The maximum atomic E-state index is 3.55. The van der Waals surface area contributed by atoms with Crippen LogP contribution in [0.3, 0.4) is 0 Å². The largest absolute Gasteiger partial charge is 0.308 e. The number of nitrogens with one attached hydrogen (secondary N) is 1. The van der Waals surface area contributed by atoms with Crippen LogP contribution >= 0.6 is 38.5 Å². The lowest BCUT2D eigenvalue weighted by Crippen LogP contribution is -2.35. The van der Waals surface area contributed by atoms with Gasteiger partial charge in [0.1, 0.15) is 0 Å². The number of halogens is 2.